The van der Waals surface area contributed by atoms with E-state index in [0.717, 1.165) is 56.4 Å². The van der Waals surface area contributed by atoms with E-state index in [0.29, 0.717) is 0 Å². The van der Waals surface area contributed by atoms with Crippen LogP contribution in [0.25, 0.3) is 22.3 Å². The predicted molar refractivity (Wildman–Crippen MR) is 298 cm³/mol. The Morgan fingerprint density at radius 1 is 0.691 bits per heavy atom. The summed E-state index contributed by atoms with van der Waals surface area (Å²) in [6, 6.07) is 60.4. The summed E-state index contributed by atoms with van der Waals surface area (Å²) < 4.78 is 5.31. The molecule has 0 fully saturated rings. The fraction of sp³-hybridized carbons (Fsp3) is 0.143. The number of benzene rings is 7. The van der Waals surface area contributed by atoms with Gasteiger partial charge in [0.25, 0.3) is 0 Å². The summed E-state index contributed by atoms with van der Waals surface area (Å²) in [7, 11) is 0. The number of rotatable bonds is 10. The first-order valence-electron chi connectivity index (χ1n) is 22.9. The van der Waals surface area contributed by atoms with Crippen LogP contribution in [-0.4, -0.2) is 12.6 Å². The molecule has 7 aromatic carbocycles. The minimum atomic E-state index is 0.100. The van der Waals surface area contributed by atoms with E-state index in [-0.39, 0.29) is 5.84 Å². The lowest BCUT2D eigenvalue weighted by atomic mass is 10.0. The molecule has 7 aromatic rings. The van der Waals surface area contributed by atoms with Gasteiger partial charge in [0.15, 0.2) is 0 Å². The fourth-order valence-corrected chi connectivity index (χ4v) is 7.66. The van der Waals surface area contributed by atoms with Gasteiger partial charge in [0.1, 0.15) is 17.3 Å². The maximum atomic E-state index is 7.76. The standard InChI is InChI=1S/C33H30N2S.C11H14.C9H8O.C7H8.C2H6.CH3N/c1-3-26(11-8-7-10-25-16-18-29(19-17-25)27-12-5-4-6-13-27)28-20-22-30(23-21-28)36-32-15-9-14-31(24(32)2)33(34)35;1-4-10(3)11-7-5-6-9(2)8-11;1-7-6-8-4-2-3-5-9(8)10-7;1-7-5-3-2-4-6-7;2*1-2/h3-9,11-23H,1,10H2,2H3,(H3,34,35);4-8H,1-3H3;2-5H,1,6H2;2-6H,1H3;1-2H3;2H,1H2/b8-7-,26-11+;10-4+;;;;. The number of hydrogen-bond donors (Lipinski definition) is 3. The lowest BCUT2D eigenvalue weighted by molar-refractivity contribution is 0.449. The molecule has 4 nitrogen and oxygen atoms in total. The van der Waals surface area contributed by atoms with Gasteiger partial charge < -0.3 is 15.9 Å². The Morgan fingerprint density at radius 3 is 1.85 bits per heavy atom. The fourth-order valence-electron chi connectivity index (χ4n) is 6.73. The first-order valence-corrected chi connectivity index (χ1v) is 23.7. The van der Waals surface area contributed by atoms with Gasteiger partial charge in [0.2, 0.25) is 0 Å². The van der Waals surface area contributed by atoms with Crippen molar-refractivity contribution in [3.05, 3.63) is 270 Å². The highest BCUT2D eigenvalue weighted by Crippen LogP contribution is 2.33. The van der Waals surface area contributed by atoms with E-state index in [1.54, 1.807) is 11.8 Å². The second-order valence-electron chi connectivity index (χ2n) is 15.4. The maximum absolute atomic E-state index is 7.76. The summed E-state index contributed by atoms with van der Waals surface area (Å²) in [5.41, 5.74) is 20.0. The van der Waals surface area contributed by atoms with Gasteiger partial charge in [-0.1, -0.05) is 232 Å². The van der Waals surface area contributed by atoms with Crippen LogP contribution >= 0.6 is 11.8 Å². The Bertz CT molecular complexity index is 2690. The van der Waals surface area contributed by atoms with Crippen LogP contribution in [0, 0.1) is 31.6 Å². The number of aryl methyl sites for hydroxylation is 2. The summed E-state index contributed by atoms with van der Waals surface area (Å²) in [6.45, 7) is 24.7. The normalized spacial score (nSPS) is 11.2. The maximum Gasteiger partial charge on any atom is 0.130 e. The van der Waals surface area contributed by atoms with Gasteiger partial charge in [-0.05, 0) is 117 Å². The molecule has 0 aliphatic carbocycles. The minimum absolute atomic E-state index is 0.100. The molecule has 68 heavy (non-hydrogen) atoms. The molecule has 0 unspecified atom stereocenters. The number of nitrogens with two attached hydrogens (primary N) is 1. The van der Waals surface area contributed by atoms with Crippen LogP contribution < -0.4 is 10.5 Å². The van der Waals surface area contributed by atoms with E-state index < -0.39 is 0 Å². The largest absolute Gasteiger partial charge is 0.462 e. The van der Waals surface area contributed by atoms with Gasteiger partial charge in [-0.2, -0.15) is 0 Å². The summed E-state index contributed by atoms with van der Waals surface area (Å²) in [5, 5.41) is 13.3. The first kappa shape index (κ1) is 54.9. The molecule has 348 valence electrons. The van der Waals surface area contributed by atoms with E-state index in [1.165, 1.54) is 44.5 Å². The first-order chi connectivity index (χ1) is 33.0. The minimum Gasteiger partial charge on any atom is -0.462 e. The van der Waals surface area contributed by atoms with Crippen LogP contribution in [0.3, 0.4) is 0 Å². The molecule has 1 heterocycles. The van der Waals surface area contributed by atoms with Crippen molar-refractivity contribution in [3.63, 3.8) is 0 Å². The zero-order valence-corrected chi connectivity index (χ0v) is 41.9. The van der Waals surface area contributed by atoms with Crippen LogP contribution in [0.1, 0.15) is 72.2 Å². The van der Waals surface area contributed by atoms with Crippen molar-refractivity contribution in [2.45, 2.75) is 71.1 Å². The second-order valence-corrected chi connectivity index (χ2v) is 16.5. The van der Waals surface area contributed by atoms with E-state index in [9.17, 15) is 0 Å². The van der Waals surface area contributed by atoms with Crippen LogP contribution in [0.2, 0.25) is 0 Å². The number of ether oxygens (including phenoxy) is 1. The van der Waals surface area contributed by atoms with Gasteiger partial charge in [-0.15, -0.1) is 0 Å². The van der Waals surface area contributed by atoms with Gasteiger partial charge in [0, 0.05) is 27.3 Å². The Morgan fingerprint density at radius 2 is 1.28 bits per heavy atom. The van der Waals surface area contributed by atoms with Crippen LogP contribution in [0.4, 0.5) is 0 Å². The predicted octanol–water partition coefficient (Wildman–Crippen LogP) is 17.3. The molecule has 5 heteroatoms. The van der Waals surface area contributed by atoms with Crippen molar-refractivity contribution in [3.8, 4) is 16.9 Å². The van der Waals surface area contributed by atoms with Crippen LogP contribution in [0.15, 0.2) is 235 Å². The van der Waals surface area contributed by atoms with Crippen molar-refractivity contribution in [2.75, 3.05) is 0 Å². The van der Waals surface area contributed by atoms with E-state index in [4.69, 9.17) is 21.3 Å². The summed E-state index contributed by atoms with van der Waals surface area (Å²) in [4.78, 5) is 2.25. The quantitative estimate of drug-likeness (QED) is 0.0726. The Balaban J connectivity index is 0.000000306. The topological polar surface area (TPSA) is 83.0 Å². The van der Waals surface area contributed by atoms with Crippen LogP contribution in [0.5, 0.6) is 5.75 Å². The van der Waals surface area contributed by atoms with Gasteiger partial charge in [-0.25, -0.2) is 0 Å². The molecule has 0 radical (unpaired) electrons. The summed E-state index contributed by atoms with van der Waals surface area (Å²) in [5.74, 6) is 1.91. The van der Waals surface area contributed by atoms with Crippen molar-refractivity contribution in [2.24, 2.45) is 5.73 Å². The average Bonchev–Trinajstić information content (AvgIpc) is 3.77. The van der Waals surface area contributed by atoms with E-state index in [1.807, 2.05) is 81.4 Å². The zero-order chi connectivity index (χ0) is 49.7. The van der Waals surface area contributed by atoms with Gasteiger partial charge in [-0.3, -0.25) is 5.41 Å². The van der Waals surface area contributed by atoms with Crippen molar-refractivity contribution in [1.82, 2.24) is 0 Å². The number of allylic oxidation sites excluding steroid dienone is 8. The van der Waals surface area contributed by atoms with Crippen LogP contribution in [-0.2, 0) is 12.8 Å². The lowest BCUT2D eigenvalue weighted by Crippen LogP contribution is -2.12. The van der Waals surface area contributed by atoms with E-state index in [2.05, 4.69) is 193 Å². The SMILES string of the molecule is C/C=C(\C)c1cccc(C)c1.C=C/C(=C\C=C/Cc1ccc(-c2ccccc2)cc1)c1ccc(Sc2cccc(C(=N)N)c2C)cc1.C=C1Cc2ccccc2O1.C=N.CC.Cc1ccccc1. The van der Waals surface area contributed by atoms with Crippen molar-refractivity contribution in [1.29, 1.82) is 10.8 Å². The number of nitrogen functional groups attached to an aromatic ring is 1. The average molecular weight is 916 g/mol. The highest BCUT2D eigenvalue weighted by molar-refractivity contribution is 7.99. The van der Waals surface area contributed by atoms with Gasteiger partial charge >= 0.3 is 0 Å². The molecular formula is C63H69N3OS. The number of para-hydroxylation sites is 1. The molecule has 0 amide bonds. The lowest BCUT2D eigenvalue weighted by Gasteiger charge is -2.10. The Hall–Kier alpha value is -7.47. The molecule has 0 aromatic heterocycles. The summed E-state index contributed by atoms with van der Waals surface area (Å²) >= 11 is 1.68. The summed E-state index contributed by atoms with van der Waals surface area (Å²) in [6.07, 6.45) is 12.2. The molecule has 4 N–H and O–H groups in total. The zero-order valence-electron chi connectivity index (χ0n) is 41.1. The van der Waals surface area contributed by atoms with Gasteiger partial charge in [0.05, 0.1) is 0 Å². The monoisotopic (exact) mass is 916 g/mol. The Labute approximate surface area is 412 Å². The molecule has 0 atom stereocenters. The third-order valence-corrected chi connectivity index (χ3v) is 11.7. The number of hydrogen-bond acceptors (Lipinski definition) is 4. The molecule has 0 saturated carbocycles. The third kappa shape index (κ3) is 18.4. The smallest absolute Gasteiger partial charge is 0.130 e. The highest BCUT2D eigenvalue weighted by Gasteiger charge is 2.13. The molecule has 0 spiro atoms. The number of fused-ring (bicyclic) bond motifs is 1. The molecule has 0 saturated heterocycles. The number of nitrogens with one attached hydrogen (secondary N) is 2. The molecule has 1 aliphatic rings. The van der Waals surface area contributed by atoms with Crippen molar-refractivity contribution < 1.29 is 4.74 Å². The Kier molecular flexibility index (Phi) is 24.8. The third-order valence-electron chi connectivity index (χ3n) is 10.5. The van der Waals surface area contributed by atoms with E-state index >= 15 is 0 Å². The second kappa shape index (κ2) is 30.7. The highest BCUT2D eigenvalue weighted by atomic mass is 32.2. The molecular weight excluding hydrogens is 847 g/mol. The molecule has 8 rings (SSSR count). The van der Waals surface area contributed by atoms with Crippen molar-refractivity contribution >= 4 is 35.5 Å². The number of amidine groups is 1. The molecule has 1 aliphatic heterocycles. The molecule has 0 bridgehead atoms.